The summed E-state index contributed by atoms with van der Waals surface area (Å²) in [5.41, 5.74) is 1.95. The number of rotatable bonds is 2. The molecule has 0 unspecified atom stereocenters. The lowest BCUT2D eigenvalue weighted by molar-refractivity contribution is 0.0951. The molecule has 2 N–H and O–H groups in total. The zero-order valence-corrected chi connectivity index (χ0v) is 12.2. The maximum absolute atomic E-state index is 11.9. The van der Waals surface area contributed by atoms with Crippen LogP contribution in [0.1, 0.15) is 29.4 Å². The molecular weight excluding hydrogens is 280 g/mol. The fourth-order valence-corrected chi connectivity index (χ4v) is 2.48. The Morgan fingerprint density at radius 1 is 1.18 bits per heavy atom. The number of para-hydroxylation sites is 1. The number of amides is 2. The number of fused-ring (bicyclic) bond motifs is 1. The summed E-state index contributed by atoms with van der Waals surface area (Å²) in [4.78, 5) is 32.1. The van der Waals surface area contributed by atoms with Gasteiger partial charge in [-0.3, -0.25) is 10.1 Å². The number of aromatic nitrogens is 2. The summed E-state index contributed by atoms with van der Waals surface area (Å²) >= 11 is 0. The Labute approximate surface area is 128 Å². The largest absolute Gasteiger partial charge is 0.326 e. The number of Topliss-reactive ketones (excluding diaryl/α,β-unsaturated/α-hetero) is 1. The van der Waals surface area contributed by atoms with Crippen molar-refractivity contribution in [1.29, 1.82) is 0 Å². The molecule has 0 saturated carbocycles. The number of anilines is 2. The lowest BCUT2D eigenvalue weighted by atomic mass is 9.88. The molecule has 0 bridgehead atoms. The highest BCUT2D eigenvalue weighted by molar-refractivity contribution is 6.00. The van der Waals surface area contributed by atoms with Crippen molar-refractivity contribution in [3.63, 3.8) is 0 Å². The number of hydrogen-bond donors (Lipinski definition) is 2. The van der Waals surface area contributed by atoms with E-state index >= 15 is 0 Å². The van der Waals surface area contributed by atoms with Crippen molar-refractivity contribution in [3.8, 4) is 0 Å². The van der Waals surface area contributed by atoms with Gasteiger partial charge in [-0.25, -0.2) is 14.8 Å². The summed E-state index contributed by atoms with van der Waals surface area (Å²) in [6.07, 6.45) is 2.74. The average Bonchev–Trinajstić information content (AvgIpc) is 2.47. The molecule has 1 aliphatic carbocycles. The normalized spacial score (nSPS) is 16.8. The molecule has 22 heavy (non-hydrogen) atoms. The van der Waals surface area contributed by atoms with Gasteiger partial charge >= 0.3 is 6.03 Å². The predicted molar refractivity (Wildman–Crippen MR) is 82.9 cm³/mol. The number of carbonyl (C=O) groups excluding carboxylic acids is 2. The molecule has 0 aliphatic heterocycles. The second-order valence-electron chi connectivity index (χ2n) is 5.44. The van der Waals surface area contributed by atoms with Crippen LogP contribution in [0.5, 0.6) is 0 Å². The number of nitrogens with one attached hydrogen (secondary N) is 2. The molecule has 2 amide bonds. The molecule has 6 nitrogen and oxygen atoms in total. The Balaban J connectivity index is 1.72. The molecule has 1 atom stereocenters. The van der Waals surface area contributed by atoms with Crippen molar-refractivity contribution in [2.45, 2.75) is 19.8 Å². The first-order chi connectivity index (χ1) is 10.6. The molecule has 1 heterocycles. The van der Waals surface area contributed by atoms with E-state index in [2.05, 4.69) is 20.6 Å². The van der Waals surface area contributed by atoms with Crippen LogP contribution in [0.2, 0.25) is 0 Å². The Kier molecular flexibility index (Phi) is 3.82. The smallest absolute Gasteiger partial charge is 0.308 e. The third-order valence-corrected chi connectivity index (χ3v) is 3.50. The van der Waals surface area contributed by atoms with Crippen molar-refractivity contribution >= 4 is 23.5 Å². The number of hydrogen-bond acceptors (Lipinski definition) is 4. The quantitative estimate of drug-likeness (QED) is 0.892. The topological polar surface area (TPSA) is 84.0 Å². The van der Waals surface area contributed by atoms with E-state index in [1.54, 1.807) is 12.1 Å². The summed E-state index contributed by atoms with van der Waals surface area (Å²) in [5, 5.41) is 5.28. The Hall–Kier alpha value is -2.76. The van der Waals surface area contributed by atoms with E-state index < -0.39 is 6.03 Å². The lowest BCUT2D eigenvalue weighted by Crippen LogP contribution is -2.24. The van der Waals surface area contributed by atoms with Gasteiger partial charge in [0.05, 0.1) is 11.3 Å². The first-order valence-corrected chi connectivity index (χ1v) is 7.14. The Morgan fingerprint density at radius 3 is 2.73 bits per heavy atom. The first kappa shape index (κ1) is 14.2. The highest BCUT2D eigenvalue weighted by atomic mass is 16.2. The van der Waals surface area contributed by atoms with Gasteiger partial charge in [0, 0.05) is 18.3 Å². The van der Waals surface area contributed by atoms with Crippen LogP contribution in [0.4, 0.5) is 16.4 Å². The van der Waals surface area contributed by atoms with E-state index in [1.807, 2.05) is 25.1 Å². The highest BCUT2D eigenvalue weighted by Crippen LogP contribution is 2.24. The average molecular weight is 296 g/mol. The van der Waals surface area contributed by atoms with E-state index in [-0.39, 0.29) is 17.6 Å². The van der Waals surface area contributed by atoms with E-state index in [4.69, 9.17) is 0 Å². The standard InChI is InChI=1S/C16H16N4O2/c1-10-7-13-12(14(21)8-10)9-17-15(19-13)20-16(22)18-11-5-3-2-4-6-11/h2-6,9-10H,7-8H2,1H3,(H2,17,18,19,20,22)/t10-/m0/s1. The first-order valence-electron chi connectivity index (χ1n) is 7.14. The molecule has 3 rings (SSSR count). The molecule has 1 aliphatic rings. The molecule has 0 spiro atoms. The summed E-state index contributed by atoms with van der Waals surface area (Å²) < 4.78 is 0. The van der Waals surface area contributed by atoms with E-state index in [9.17, 15) is 9.59 Å². The van der Waals surface area contributed by atoms with Crippen LogP contribution in [0.3, 0.4) is 0 Å². The lowest BCUT2D eigenvalue weighted by Gasteiger charge is -2.19. The molecule has 112 valence electrons. The van der Waals surface area contributed by atoms with Gasteiger partial charge in [0.25, 0.3) is 0 Å². The molecule has 1 aromatic carbocycles. The predicted octanol–water partition coefficient (Wildman–Crippen LogP) is 2.89. The third-order valence-electron chi connectivity index (χ3n) is 3.50. The number of urea groups is 1. The minimum Gasteiger partial charge on any atom is -0.308 e. The Bertz CT molecular complexity index is 715. The second-order valence-corrected chi connectivity index (χ2v) is 5.44. The van der Waals surface area contributed by atoms with Crippen LogP contribution in [0.15, 0.2) is 36.5 Å². The van der Waals surface area contributed by atoms with Gasteiger partial charge in [-0.15, -0.1) is 0 Å². The SMILES string of the molecule is C[C@@H]1CC(=O)c2cnc(NC(=O)Nc3ccccc3)nc2C1. The summed E-state index contributed by atoms with van der Waals surface area (Å²) in [6.45, 7) is 2.01. The zero-order chi connectivity index (χ0) is 15.5. The van der Waals surface area contributed by atoms with Crippen LogP contribution >= 0.6 is 0 Å². The Morgan fingerprint density at radius 2 is 1.95 bits per heavy atom. The van der Waals surface area contributed by atoms with Gasteiger partial charge < -0.3 is 5.32 Å². The number of benzene rings is 1. The van der Waals surface area contributed by atoms with Gasteiger partial charge in [-0.05, 0) is 24.5 Å². The fourth-order valence-electron chi connectivity index (χ4n) is 2.48. The van der Waals surface area contributed by atoms with Crippen LogP contribution in [-0.4, -0.2) is 21.8 Å². The van der Waals surface area contributed by atoms with Crippen molar-refractivity contribution in [2.24, 2.45) is 5.92 Å². The maximum Gasteiger partial charge on any atom is 0.326 e. The van der Waals surface area contributed by atoms with Gasteiger partial charge in [0.2, 0.25) is 5.95 Å². The molecular formula is C16H16N4O2. The molecule has 0 fully saturated rings. The zero-order valence-electron chi connectivity index (χ0n) is 12.2. The summed E-state index contributed by atoms with van der Waals surface area (Å²) in [6, 6.07) is 8.69. The summed E-state index contributed by atoms with van der Waals surface area (Å²) in [7, 11) is 0. The number of nitrogens with zero attached hydrogens (tertiary/aromatic N) is 2. The monoisotopic (exact) mass is 296 g/mol. The molecule has 0 saturated heterocycles. The maximum atomic E-state index is 11.9. The van der Waals surface area contributed by atoms with E-state index in [0.29, 0.717) is 23.4 Å². The van der Waals surface area contributed by atoms with Crippen molar-refractivity contribution in [2.75, 3.05) is 10.6 Å². The van der Waals surface area contributed by atoms with Gasteiger partial charge in [-0.2, -0.15) is 0 Å². The van der Waals surface area contributed by atoms with Crippen LogP contribution in [-0.2, 0) is 6.42 Å². The van der Waals surface area contributed by atoms with Crippen LogP contribution in [0, 0.1) is 5.92 Å². The van der Waals surface area contributed by atoms with Crippen molar-refractivity contribution in [1.82, 2.24) is 9.97 Å². The van der Waals surface area contributed by atoms with E-state index in [0.717, 1.165) is 6.42 Å². The molecule has 6 heteroatoms. The van der Waals surface area contributed by atoms with Gasteiger partial charge in [0.15, 0.2) is 5.78 Å². The van der Waals surface area contributed by atoms with Crippen LogP contribution in [0.25, 0.3) is 0 Å². The summed E-state index contributed by atoms with van der Waals surface area (Å²) in [5.74, 6) is 0.531. The van der Waals surface area contributed by atoms with Crippen LogP contribution < -0.4 is 10.6 Å². The number of carbonyl (C=O) groups is 2. The van der Waals surface area contributed by atoms with Crippen molar-refractivity contribution in [3.05, 3.63) is 47.8 Å². The fraction of sp³-hybridized carbons (Fsp3) is 0.250. The van der Waals surface area contributed by atoms with E-state index in [1.165, 1.54) is 6.20 Å². The van der Waals surface area contributed by atoms with Gasteiger partial charge in [-0.1, -0.05) is 25.1 Å². The minimum absolute atomic E-state index is 0.0639. The highest BCUT2D eigenvalue weighted by Gasteiger charge is 2.24. The third kappa shape index (κ3) is 3.11. The second kappa shape index (κ2) is 5.93. The molecule has 0 radical (unpaired) electrons. The minimum atomic E-state index is -0.415. The van der Waals surface area contributed by atoms with Crippen molar-refractivity contribution < 1.29 is 9.59 Å². The van der Waals surface area contributed by atoms with Gasteiger partial charge in [0.1, 0.15) is 0 Å². The molecule has 1 aromatic heterocycles. The molecule has 2 aromatic rings. The number of ketones is 1.